The molecule has 3 aromatic rings. The predicted molar refractivity (Wildman–Crippen MR) is 160 cm³/mol. The standard InChI is InChI=1S/C33H41F3N6O/c1-22-10-13-42(40-22)30-16-25(24-6-4-3-5-7-24)8-9-28(30)29(33(34,35)36)17-26-18-31(39-23(2)38-26)41-14-11-32(12-15-41)19-27(20-43)37-21-32/h8-10,13,16,18,20,24,27,29,37H,3-7,11-12,14-15,17,19,21H2,1-2H3/t27-,29+/m0/s1. The first-order chi connectivity index (χ1) is 20.6. The second-order valence-corrected chi connectivity index (χ2v) is 12.9. The summed E-state index contributed by atoms with van der Waals surface area (Å²) < 4.78 is 46.4. The molecule has 2 aliphatic heterocycles. The van der Waals surface area contributed by atoms with Crippen LogP contribution < -0.4 is 10.2 Å². The third-order valence-electron chi connectivity index (χ3n) is 9.87. The van der Waals surface area contributed by atoms with Gasteiger partial charge in [0, 0.05) is 44.0 Å². The number of carbonyl (C=O) groups excluding carboxylic acids is 1. The molecule has 1 N–H and O–H groups in total. The third kappa shape index (κ3) is 6.49. The van der Waals surface area contributed by atoms with Gasteiger partial charge in [0.1, 0.15) is 17.9 Å². The average molecular weight is 595 g/mol. The van der Waals surface area contributed by atoms with Crippen molar-refractivity contribution in [3.8, 4) is 5.69 Å². The molecule has 1 aromatic carbocycles. The molecule has 0 radical (unpaired) electrons. The zero-order chi connectivity index (χ0) is 30.2. The number of nitrogens with one attached hydrogen (secondary N) is 1. The van der Waals surface area contributed by atoms with Crippen molar-refractivity contribution in [3.05, 3.63) is 64.9 Å². The summed E-state index contributed by atoms with van der Waals surface area (Å²) in [4.78, 5) is 22.5. The van der Waals surface area contributed by atoms with Gasteiger partial charge in [-0.1, -0.05) is 31.4 Å². The average Bonchev–Trinajstić information content (AvgIpc) is 3.61. The lowest BCUT2D eigenvalue weighted by atomic mass is 9.76. The molecule has 6 rings (SSSR count). The number of aldehydes is 1. The van der Waals surface area contributed by atoms with Crippen molar-refractivity contribution in [1.29, 1.82) is 0 Å². The van der Waals surface area contributed by atoms with Gasteiger partial charge in [-0.05, 0) is 80.5 Å². The fourth-order valence-electron chi connectivity index (χ4n) is 7.43. The van der Waals surface area contributed by atoms with Crippen molar-refractivity contribution in [2.45, 2.75) is 95.7 Å². The van der Waals surface area contributed by atoms with E-state index in [0.717, 1.165) is 82.1 Å². The summed E-state index contributed by atoms with van der Waals surface area (Å²) in [6, 6.07) is 8.98. The van der Waals surface area contributed by atoms with Crippen molar-refractivity contribution in [1.82, 2.24) is 25.1 Å². The monoisotopic (exact) mass is 594 g/mol. The Kier molecular flexibility index (Phi) is 8.33. The maximum atomic E-state index is 14.9. The Morgan fingerprint density at radius 1 is 1.07 bits per heavy atom. The summed E-state index contributed by atoms with van der Waals surface area (Å²) in [7, 11) is 0. The van der Waals surface area contributed by atoms with Crippen LogP contribution in [0.15, 0.2) is 36.5 Å². The molecule has 1 spiro atoms. The first-order valence-electron chi connectivity index (χ1n) is 15.6. The van der Waals surface area contributed by atoms with E-state index in [2.05, 4.69) is 25.3 Å². The van der Waals surface area contributed by atoms with Gasteiger partial charge in [-0.25, -0.2) is 14.6 Å². The number of alkyl halides is 3. The number of aromatic nitrogens is 4. The molecule has 4 heterocycles. The normalized spacial score (nSPS) is 21.8. The van der Waals surface area contributed by atoms with E-state index in [-0.39, 0.29) is 23.4 Å². The fourth-order valence-corrected chi connectivity index (χ4v) is 7.43. The van der Waals surface area contributed by atoms with E-state index >= 15 is 0 Å². The molecule has 2 atom stereocenters. The van der Waals surface area contributed by atoms with Crippen molar-refractivity contribution in [3.63, 3.8) is 0 Å². The zero-order valence-corrected chi connectivity index (χ0v) is 25.0. The minimum Gasteiger partial charge on any atom is -0.356 e. The van der Waals surface area contributed by atoms with E-state index in [9.17, 15) is 18.0 Å². The van der Waals surface area contributed by atoms with Crippen molar-refractivity contribution < 1.29 is 18.0 Å². The summed E-state index contributed by atoms with van der Waals surface area (Å²) in [6.45, 7) is 5.91. The number of halogens is 3. The molecule has 1 aliphatic carbocycles. The lowest BCUT2D eigenvalue weighted by molar-refractivity contribution is -0.150. The molecule has 3 fully saturated rings. The first-order valence-corrected chi connectivity index (χ1v) is 15.6. The Morgan fingerprint density at radius 3 is 2.49 bits per heavy atom. The largest absolute Gasteiger partial charge is 0.396 e. The number of rotatable bonds is 7. The molecule has 2 aromatic heterocycles. The molecule has 0 bridgehead atoms. The van der Waals surface area contributed by atoms with Gasteiger partial charge in [0.15, 0.2) is 0 Å². The number of benzene rings is 1. The van der Waals surface area contributed by atoms with Gasteiger partial charge in [0.05, 0.1) is 23.3 Å². The highest BCUT2D eigenvalue weighted by Gasteiger charge is 2.44. The molecule has 0 amide bonds. The maximum Gasteiger partial charge on any atom is 0.396 e. The van der Waals surface area contributed by atoms with Crippen molar-refractivity contribution in [2.24, 2.45) is 5.41 Å². The highest BCUT2D eigenvalue weighted by molar-refractivity contribution is 5.58. The molecule has 1 saturated carbocycles. The molecule has 7 nitrogen and oxygen atoms in total. The van der Waals surface area contributed by atoms with Crippen LogP contribution in [0.3, 0.4) is 0 Å². The smallest absolute Gasteiger partial charge is 0.356 e. The zero-order valence-electron chi connectivity index (χ0n) is 25.0. The van der Waals surface area contributed by atoms with Gasteiger partial charge in [0.2, 0.25) is 0 Å². The van der Waals surface area contributed by atoms with E-state index in [1.54, 1.807) is 29.9 Å². The van der Waals surface area contributed by atoms with Crippen molar-refractivity contribution >= 4 is 12.1 Å². The minimum absolute atomic E-state index is 0.0916. The lowest BCUT2D eigenvalue weighted by Crippen LogP contribution is -2.41. The van der Waals surface area contributed by atoms with Crippen LogP contribution in [-0.4, -0.2) is 57.9 Å². The van der Waals surface area contributed by atoms with Crippen LogP contribution in [0, 0.1) is 19.3 Å². The highest BCUT2D eigenvalue weighted by atomic mass is 19.4. The Bertz CT molecular complexity index is 1440. The second-order valence-electron chi connectivity index (χ2n) is 12.9. The van der Waals surface area contributed by atoms with Gasteiger partial charge >= 0.3 is 6.18 Å². The van der Waals surface area contributed by atoms with E-state index in [1.165, 1.54) is 6.42 Å². The summed E-state index contributed by atoms with van der Waals surface area (Å²) in [6.07, 6.45) is 6.28. The fraction of sp³-hybridized carbons (Fsp3) is 0.576. The SMILES string of the molecule is Cc1ccn(-c2cc(C3CCCCC3)ccc2[C@@H](Cc2cc(N3CCC4(CC3)CN[C@H](C=O)C4)nc(C)n2)C(F)(F)F)n1. The summed E-state index contributed by atoms with van der Waals surface area (Å²) in [5.41, 5.74) is 3.03. The highest BCUT2D eigenvalue weighted by Crippen LogP contribution is 2.43. The van der Waals surface area contributed by atoms with Crippen molar-refractivity contribution in [2.75, 3.05) is 24.5 Å². The molecule has 230 valence electrons. The first kappa shape index (κ1) is 29.8. The van der Waals surface area contributed by atoms with E-state index in [0.29, 0.717) is 28.9 Å². The van der Waals surface area contributed by atoms with E-state index in [1.807, 2.05) is 25.1 Å². The number of carbonyl (C=O) groups is 1. The van der Waals surface area contributed by atoms with Gasteiger partial charge < -0.3 is 15.0 Å². The number of aryl methyl sites for hydroxylation is 2. The predicted octanol–water partition coefficient (Wildman–Crippen LogP) is 6.36. The van der Waals surface area contributed by atoms with Gasteiger partial charge in [-0.15, -0.1) is 0 Å². The van der Waals surface area contributed by atoms with Gasteiger partial charge in [-0.2, -0.15) is 18.3 Å². The third-order valence-corrected chi connectivity index (χ3v) is 9.87. The number of piperidine rings is 1. The number of anilines is 1. The minimum atomic E-state index is -4.48. The molecule has 2 saturated heterocycles. The molecule has 43 heavy (non-hydrogen) atoms. The van der Waals surface area contributed by atoms with Crippen LogP contribution in [-0.2, 0) is 11.2 Å². The van der Waals surface area contributed by atoms with Crippen LogP contribution >= 0.6 is 0 Å². The van der Waals surface area contributed by atoms with Crippen LogP contribution in [0.1, 0.15) is 91.5 Å². The number of nitrogens with zero attached hydrogens (tertiary/aromatic N) is 5. The Balaban J connectivity index is 1.29. The second kappa shape index (κ2) is 12.0. The Morgan fingerprint density at radius 2 is 1.84 bits per heavy atom. The van der Waals surface area contributed by atoms with Crippen LogP contribution in [0.25, 0.3) is 5.69 Å². The van der Waals surface area contributed by atoms with Crippen LogP contribution in [0.4, 0.5) is 19.0 Å². The van der Waals surface area contributed by atoms with Gasteiger partial charge in [-0.3, -0.25) is 0 Å². The van der Waals surface area contributed by atoms with E-state index in [4.69, 9.17) is 0 Å². The number of hydrogen-bond acceptors (Lipinski definition) is 6. The summed E-state index contributed by atoms with van der Waals surface area (Å²) in [5, 5.41) is 7.83. The molecule has 0 unspecified atom stereocenters. The van der Waals surface area contributed by atoms with E-state index < -0.39 is 12.1 Å². The summed E-state index contributed by atoms with van der Waals surface area (Å²) >= 11 is 0. The molecule has 10 heteroatoms. The molecular weight excluding hydrogens is 553 g/mol. The molecule has 3 aliphatic rings. The number of hydrogen-bond donors (Lipinski definition) is 1. The quantitative estimate of drug-likeness (QED) is 0.321. The topological polar surface area (TPSA) is 75.9 Å². The Labute approximate surface area is 251 Å². The van der Waals surface area contributed by atoms with Crippen LogP contribution in [0.2, 0.25) is 0 Å². The summed E-state index contributed by atoms with van der Waals surface area (Å²) in [5.74, 6) is -0.244. The lowest BCUT2D eigenvalue weighted by Gasteiger charge is -2.39. The maximum absolute atomic E-state index is 14.9. The van der Waals surface area contributed by atoms with Crippen LogP contribution in [0.5, 0.6) is 0 Å². The van der Waals surface area contributed by atoms with Gasteiger partial charge in [0.25, 0.3) is 0 Å². The Hall–Kier alpha value is -3.27. The molecular formula is C33H41F3N6O.